The molecular weight excluding hydrogens is 408 g/mol. The maximum atomic E-state index is 13.2. The molecule has 0 aliphatic heterocycles. The van der Waals surface area contributed by atoms with Crippen molar-refractivity contribution in [2.45, 2.75) is 26.3 Å². The van der Waals surface area contributed by atoms with Gasteiger partial charge in [-0.25, -0.2) is 0 Å². The minimum Gasteiger partial charge on any atom is -0.497 e. The molecule has 3 rings (SSSR count). The third-order valence-electron chi connectivity index (χ3n) is 4.95. The van der Waals surface area contributed by atoms with Gasteiger partial charge >= 0.3 is 0 Å². The second-order valence-corrected chi connectivity index (χ2v) is 8.03. The van der Waals surface area contributed by atoms with Crippen LogP contribution in [0.3, 0.4) is 0 Å². The third-order valence-corrected chi connectivity index (χ3v) is 5.77. The number of carbonyl (C=O) groups is 2. The molecule has 0 saturated heterocycles. The number of hydrogen-bond acceptors (Lipinski definition) is 4. The monoisotopic (exact) mass is 434 g/mol. The van der Waals surface area contributed by atoms with Crippen LogP contribution in [-0.4, -0.2) is 18.9 Å². The Morgan fingerprint density at radius 2 is 1.81 bits per heavy atom. The molecule has 3 aromatic rings. The van der Waals surface area contributed by atoms with E-state index in [2.05, 4.69) is 10.6 Å². The zero-order chi connectivity index (χ0) is 22.2. The highest BCUT2D eigenvalue weighted by atomic mass is 32.1. The summed E-state index contributed by atoms with van der Waals surface area (Å²) in [6, 6.07) is 18.4. The van der Waals surface area contributed by atoms with Crippen molar-refractivity contribution in [3.8, 4) is 5.75 Å². The Balaban J connectivity index is 1.83. The lowest BCUT2D eigenvalue weighted by Gasteiger charge is -2.20. The van der Waals surface area contributed by atoms with Gasteiger partial charge in [-0.1, -0.05) is 37.3 Å². The number of thiophene rings is 1. The van der Waals surface area contributed by atoms with Crippen LogP contribution in [0.1, 0.15) is 45.7 Å². The molecule has 0 spiro atoms. The summed E-state index contributed by atoms with van der Waals surface area (Å²) < 4.78 is 5.14. The molecule has 6 heteroatoms. The predicted molar refractivity (Wildman–Crippen MR) is 125 cm³/mol. The summed E-state index contributed by atoms with van der Waals surface area (Å²) >= 11 is 1.50. The van der Waals surface area contributed by atoms with Gasteiger partial charge in [0.2, 0.25) is 0 Å². The zero-order valence-electron chi connectivity index (χ0n) is 17.8. The molecule has 2 amide bonds. The minimum atomic E-state index is -0.357. The van der Waals surface area contributed by atoms with Gasteiger partial charge in [0.25, 0.3) is 11.8 Å². The van der Waals surface area contributed by atoms with Crippen molar-refractivity contribution in [1.29, 1.82) is 0 Å². The average molecular weight is 435 g/mol. The number of rotatable bonds is 8. The van der Waals surface area contributed by atoms with E-state index in [0.29, 0.717) is 11.3 Å². The maximum absolute atomic E-state index is 13.2. The number of aryl methyl sites for hydroxylation is 1. The summed E-state index contributed by atoms with van der Waals surface area (Å²) in [5, 5.41) is 7.78. The molecule has 5 nitrogen and oxygen atoms in total. The van der Waals surface area contributed by atoms with Crippen LogP contribution in [0.5, 0.6) is 5.75 Å². The lowest BCUT2D eigenvalue weighted by molar-refractivity contribution is -0.118. The van der Waals surface area contributed by atoms with Gasteiger partial charge in [-0.15, -0.1) is 11.3 Å². The Kier molecular flexibility index (Phi) is 7.62. The summed E-state index contributed by atoms with van der Waals surface area (Å²) in [7, 11) is 1.57. The number of nitrogens with one attached hydrogen (secondary N) is 2. The first-order chi connectivity index (χ1) is 15.0. The quantitative estimate of drug-likeness (QED) is 0.485. The van der Waals surface area contributed by atoms with Crippen LogP contribution in [0.25, 0.3) is 6.08 Å². The molecule has 0 aliphatic rings. The van der Waals surface area contributed by atoms with E-state index in [-0.39, 0.29) is 23.6 Å². The number of benzene rings is 2. The first-order valence-electron chi connectivity index (χ1n) is 10.1. The Bertz CT molecular complexity index is 1060. The molecule has 0 aliphatic carbocycles. The van der Waals surface area contributed by atoms with Gasteiger partial charge in [-0.2, -0.15) is 0 Å². The average Bonchev–Trinajstić information content (AvgIpc) is 3.30. The van der Waals surface area contributed by atoms with Crippen LogP contribution in [0.4, 0.5) is 0 Å². The highest BCUT2D eigenvalue weighted by molar-refractivity contribution is 7.10. The summed E-state index contributed by atoms with van der Waals surface area (Å²) in [5.74, 6) is -0.0254. The van der Waals surface area contributed by atoms with Crippen molar-refractivity contribution >= 4 is 29.2 Å². The second kappa shape index (κ2) is 10.6. The Hall–Kier alpha value is -3.38. The molecule has 2 aromatic carbocycles. The van der Waals surface area contributed by atoms with Gasteiger partial charge in [-0.3, -0.25) is 9.59 Å². The number of amides is 2. The molecule has 31 heavy (non-hydrogen) atoms. The fraction of sp³-hybridized carbons (Fsp3) is 0.200. The van der Waals surface area contributed by atoms with Crippen molar-refractivity contribution in [3.05, 3.63) is 93.3 Å². The molecule has 0 fully saturated rings. The van der Waals surface area contributed by atoms with Crippen LogP contribution in [0.15, 0.2) is 71.7 Å². The van der Waals surface area contributed by atoms with Crippen molar-refractivity contribution in [3.63, 3.8) is 0 Å². The van der Waals surface area contributed by atoms with Crippen LogP contribution in [0.2, 0.25) is 0 Å². The van der Waals surface area contributed by atoms with Crippen LogP contribution in [0, 0.1) is 6.92 Å². The van der Waals surface area contributed by atoms with E-state index < -0.39 is 0 Å². The molecule has 1 heterocycles. The highest BCUT2D eigenvalue weighted by Gasteiger charge is 2.20. The van der Waals surface area contributed by atoms with E-state index in [4.69, 9.17) is 4.74 Å². The largest absolute Gasteiger partial charge is 0.497 e. The van der Waals surface area contributed by atoms with E-state index in [0.717, 1.165) is 22.4 Å². The number of hydrogen-bond donors (Lipinski definition) is 2. The van der Waals surface area contributed by atoms with E-state index in [9.17, 15) is 9.59 Å². The summed E-state index contributed by atoms with van der Waals surface area (Å²) in [4.78, 5) is 26.9. The van der Waals surface area contributed by atoms with Crippen LogP contribution in [-0.2, 0) is 4.79 Å². The SMILES string of the molecule is CC[C@H](NC(=O)/C(=C/c1cccs1)NC(=O)c1ccc(OC)cc1)c1ccccc1C. The zero-order valence-corrected chi connectivity index (χ0v) is 18.7. The predicted octanol–water partition coefficient (Wildman–Crippen LogP) is 5.10. The lowest BCUT2D eigenvalue weighted by atomic mass is 9.99. The Morgan fingerprint density at radius 1 is 1.06 bits per heavy atom. The number of ether oxygens (including phenoxy) is 1. The Labute approximate surface area is 186 Å². The van der Waals surface area contributed by atoms with Crippen LogP contribution >= 0.6 is 11.3 Å². The van der Waals surface area contributed by atoms with Gasteiger partial charge in [0, 0.05) is 10.4 Å². The molecule has 2 N–H and O–H groups in total. The minimum absolute atomic E-state index is 0.154. The third kappa shape index (κ3) is 5.83. The standard InChI is InChI=1S/C25H26N2O3S/c1-4-22(21-10-6-5-8-17(21)2)26-25(29)23(16-20-9-7-15-31-20)27-24(28)18-11-13-19(30-3)14-12-18/h5-16,22H,4H2,1-3H3,(H,26,29)(H,27,28)/b23-16-/t22-/m0/s1. The van der Waals surface area contributed by atoms with E-state index in [1.165, 1.54) is 11.3 Å². The highest BCUT2D eigenvalue weighted by Crippen LogP contribution is 2.21. The van der Waals surface area contributed by atoms with Gasteiger partial charge in [0.1, 0.15) is 11.4 Å². The van der Waals surface area contributed by atoms with Crippen molar-refractivity contribution in [2.75, 3.05) is 7.11 Å². The fourth-order valence-corrected chi connectivity index (χ4v) is 3.88. The van der Waals surface area contributed by atoms with E-state index in [1.54, 1.807) is 37.5 Å². The summed E-state index contributed by atoms with van der Waals surface area (Å²) in [5.41, 5.74) is 2.82. The molecule has 1 atom stereocenters. The van der Waals surface area contributed by atoms with Crippen LogP contribution < -0.4 is 15.4 Å². The van der Waals surface area contributed by atoms with Crippen molar-refractivity contribution in [2.24, 2.45) is 0 Å². The smallest absolute Gasteiger partial charge is 0.268 e. The van der Waals surface area contributed by atoms with Crippen molar-refractivity contribution in [1.82, 2.24) is 10.6 Å². The van der Waals surface area contributed by atoms with Gasteiger partial charge in [-0.05, 0) is 66.3 Å². The molecule has 0 saturated carbocycles. The summed E-state index contributed by atoms with van der Waals surface area (Å²) in [6.07, 6.45) is 2.43. The molecule has 0 radical (unpaired) electrons. The molecule has 0 unspecified atom stereocenters. The molecule has 0 bridgehead atoms. The van der Waals surface area contributed by atoms with Gasteiger partial charge in [0.15, 0.2) is 0 Å². The lowest BCUT2D eigenvalue weighted by Crippen LogP contribution is -2.37. The van der Waals surface area contributed by atoms with Crippen molar-refractivity contribution < 1.29 is 14.3 Å². The van der Waals surface area contributed by atoms with E-state index in [1.807, 2.05) is 55.6 Å². The fourth-order valence-electron chi connectivity index (χ4n) is 3.22. The number of methoxy groups -OCH3 is 1. The first kappa shape index (κ1) is 22.3. The Morgan fingerprint density at radius 3 is 2.42 bits per heavy atom. The molecule has 160 valence electrons. The summed E-state index contributed by atoms with van der Waals surface area (Å²) in [6.45, 7) is 4.05. The van der Waals surface area contributed by atoms with Gasteiger partial charge in [0.05, 0.1) is 13.2 Å². The normalized spacial score (nSPS) is 12.2. The molecule has 1 aromatic heterocycles. The number of carbonyl (C=O) groups excluding carboxylic acids is 2. The maximum Gasteiger partial charge on any atom is 0.268 e. The van der Waals surface area contributed by atoms with E-state index >= 15 is 0 Å². The topological polar surface area (TPSA) is 67.4 Å². The first-order valence-corrected chi connectivity index (χ1v) is 11.0. The van der Waals surface area contributed by atoms with Gasteiger partial charge < -0.3 is 15.4 Å². The molecular formula is C25H26N2O3S. The second-order valence-electron chi connectivity index (χ2n) is 7.05.